The average molecular weight is 448 g/mol. The predicted octanol–water partition coefficient (Wildman–Crippen LogP) is 3.83. The molecule has 1 N–H and O–H groups in total. The van der Waals surface area contributed by atoms with Crippen LogP contribution in [0.4, 0.5) is 0 Å². The van der Waals surface area contributed by atoms with Crippen LogP contribution in [-0.2, 0) is 11.3 Å². The van der Waals surface area contributed by atoms with E-state index >= 15 is 0 Å². The molecule has 0 atom stereocenters. The van der Waals surface area contributed by atoms with Gasteiger partial charge < -0.3 is 9.47 Å². The second kappa shape index (κ2) is 11.5. The second-order valence-electron chi connectivity index (χ2n) is 6.07. The van der Waals surface area contributed by atoms with Gasteiger partial charge in [-0.1, -0.05) is 29.8 Å². The molecule has 0 unspecified atom stereocenters. The van der Waals surface area contributed by atoms with Crippen molar-refractivity contribution in [2.75, 3.05) is 26.8 Å². The van der Waals surface area contributed by atoms with Gasteiger partial charge in [-0.15, -0.1) is 0 Å². The minimum Gasteiger partial charge on any atom is -0.497 e. The van der Waals surface area contributed by atoms with Crippen molar-refractivity contribution in [1.29, 1.82) is 0 Å². The van der Waals surface area contributed by atoms with Crippen molar-refractivity contribution in [3.8, 4) is 11.5 Å². The van der Waals surface area contributed by atoms with Crippen LogP contribution < -0.4 is 14.9 Å². The zero-order valence-electron chi connectivity index (χ0n) is 16.4. The summed E-state index contributed by atoms with van der Waals surface area (Å²) in [5, 5.41) is 3.96. The molecule has 2 aromatic rings. The highest BCUT2D eigenvalue weighted by Crippen LogP contribution is 2.24. The minimum atomic E-state index is -0.318. The van der Waals surface area contributed by atoms with Crippen LogP contribution in [0.5, 0.6) is 11.5 Å². The topological polar surface area (TPSA) is 63.2 Å². The number of nitrogens with one attached hydrogen (secondary N) is 1. The van der Waals surface area contributed by atoms with Gasteiger partial charge in [0.15, 0.2) is 6.61 Å². The van der Waals surface area contributed by atoms with E-state index in [-0.39, 0.29) is 12.5 Å². The number of hydrazone groups is 1. The Bertz CT molecular complexity index is 790. The smallest absolute Gasteiger partial charge is 0.277 e. The minimum absolute atomic E-state index is 0.104. The Labute approximate surface area is 174 Å². The lowest BCUT2D eigenvalue weighted by Gasteiger charge is -2.20. The normalized spacial score (nSPS) is 11.0. The molecule has 0 saturated heterocycles. The van der Waals surface area contributed by atoms with Crippen LogP contribution in [0, 0.1) is 0 Å². The van der Waals surface area contributed by atoms with Crippen molar-refractivity contribution in [3.63, 3.8) is 0 Å². The molecule has 7 heteroatoms. The van der Waals surface area contributed by atoms with Gasteiger partial charge in [-0.05, 0) is 61.1 Å². The number of ether oxygens (including phenoxy) is 2. The summed E-state index contributed by atoms with van der Waals surface area (Å²) in [6.07, 6.45) is 1.57. The molecule has 2 aromatic carbocycles. The maximum absolute atomic E-state index is 12.0. The van der Waals surface area contributed by atoms with E-state index in [9.17, 15) is 4.79 Å². The highest BCUT2D eigenvalue weighted by molar-refractivity contribution is 9.10. The Morgan fingerprint density at radius 1 is 1.18 bits per heavy atom. The van der Waals surface area contributed by atoms with E-state index in [1.807, 2.05) is 42.5 Å². The number of amides is 1. The van der Waals surface area contributed by atoms with Gasteiger partial charge in [0.1, 0.15) is 11.5 Å². The molecule has 0 aliphatic carbocycles. The molecular weight excluding hydrogens is 422 g/mol. The highest BCUT2D eigenvalue weighted by Gasteiger charge is 2.10. The zero-order chi connectivity index (χ0) is 20.4. The first kappa shape index (κ1) is 21.9. The third kappa shape index (κ3) is 6.98. The molecular formula is C21H26BrN3O3. The number of hydrogen-bond donors (Lipinski definition) is 1. The SMILES string of the molecule is CCN(CC)Cc1cc(Br)ccc1OCC(=O)N/N=C\c1ccc(OC)cc1. The predicted molar refractivity (Wildman–Crippen MR) is 115 cm³/mol. The molecule has 150 valence electrons. The molecule has 2 rings (SSSR count). The number of carbonyl (C=O) groups excluding carboxylic acids is 1. The molecule has 6 nitrogen and oxygen atoms in total. The Morgan fingerprint density at radius 2 is 1.89 bits per heavy atom. The molecule has 0 aliphatic rings. The van der Waals surface area contributed by atoms with E-state index in [2.05, 4.69) is 45.2 Å². The molecule has 0 fully saturated rings. The highest BCUT2D eigenvalue weighted by atomic mass is 79.9. The van der Waals surface area contributed by atoms with Gasteiger partial charge in [0, 0.05) is 16.6 Å². The number of halogens is 1. The van der Waals surface area contributed by atoms with Crippen LogP contribution in [0.15, 0.2) is 52.0 Å². The number of carbonyl (C=O) groups is 1. The molecule has 0 saturated carbocycles. The average Bonchev–Trinajstić information content (AvgIpc) is 2.71. The first-order chi connectivity index (χ1) is 13.5. The Hall–Kier alpha value is -2.38. The van der Waals surface area contributed by atoms with Gasteiger partial charge >= 0.3 is 0 Å². The molecule has 28 heavy (non-hydrogen) atoms. The van der Waals surface area contributed by atoms with Crippen molar-refractivity contribution in [2.45, 2.75) is 20.4 Å². The van der Waals surface area contributed by atoms with E-state index < -0.39 is 0 Å². The summed E-state index contributed by atoms with van der Waals surface area (Å²) < 4.78 is 11.8. The lowest BCUT2D eigenvalue weighted by atomic mass is 10.2. The lowest BCUT2D eigenvalue weighted by Crippen LogP contribution is -2.26. The van der Waals surface area contributed by atoms with Crippen molar-refractivity contribution < 1.29 is 14.3 Å². The van der Waals surface area contributed by atoms with Gasteiger partial charge in [-0.2, -0.15) is 5.10 Å². The van der Waals surface area contributed by atoms with Gasteiger partial charge in [-0.25, -0.2) is 5.43 Å². The second-order valence-corrected chi connectivity index (χ2v) is 6.98. The Morgan fingerprint density at radius 3 is 2.54 bits per heavy atom. The summed E-state index contributed by atoms with van der Waals surface area (Å²) >= 11 is 3.50. The summed E-state index contributed by atoms with van der Waals surface area (Å²) in [6.45, 7) is 6.80. The van der Waals surface area contributed by atoms with Gasteiger partial charge in [-0.3, -0.25) is 9.69 Å². The summed E-state index contributed by atoms with van der Waals surface area (Å²) in [6, 6.07) is 13.2. The van der Waals surface area contributed by atoms with Crippen molar-refractivity contribution in [1.82, 2.24) is 10.3 Å². The molecule has 0 bridgehead atoms. The van der Waals surface area contributed by atoms with Crippen LogP contribution in [-0.4, -0.2) is 43.8 Å². The monoisotopic (exact) mass is 447 g/mol. The zero-order valence-corrected chi connectivity index (χ0v) is 18.0. The third-order valence-electron chi connectivity index (χ3n) is 4.19. The molecule has 0 aliphatic heterocycles. The van der Waals surface area contributed by atoms with E-state index in [0.29, 0.717) is 5.75 Å². The van der Waals surface area contributed by atoms with Crippen LogP contribution in [0.1, 0.15) is 25.0 Å². The van der Waals surface area contributed by atoms with Crippen molar-refractivity contribution in [2.24, 2.45) is 5.10 Å². The van der Waals surface area contributed by atoms with Crippen molar-refractivity contribution >= 4 is 28.1 Å². The van der Waals surface area contributed by atoms with E-state index in [1.165, 1.54) is 0 Å². The number of nitrogens with zero attached hydrogens (tertiary/aromatic N) is 2. The molecule has 0 heterocycles. The molecule has 1 amide bonds. The lowest BCUT2D eigenvalue weighted by molar-refractivity contribution is -0.123. The van der Waals surface area contributed by atoms with Crippen LogP contribution in [0.25, 0.3) is 0 Å². The van der Waals surface area contributed by atoms with E-state index in [4.69, 9.17) is 9.47 Å². The molecule has 0 spiro atoms. The first-order valence-electron chi connectivity index (χ1n) is 9.15. The van der Waals surface area contributed by atoms with Gasteiger partial charge in [0.2, 0.25) is 0 Å². The van der Waals surface area contributed by atoms with Crippen molar-refractivity contribution in [3.05, 3.63) is 58.1 Å². The first-order valence-corrected chi connectivity index (χ1v) is 9.94. The number of methoxy groups -OCH3 is 1. The largest absolute Gasteiger partial charge is 0.497 e. The third-order valence-corrected chi connectivity index (χ3v) is 4.68. The molecule has 0 aromatic heterocycles. The van der Waals surface area contributed by atoms with Crippen LogP contribution in [0.3, 0.4) is 0 Å². The Balaban J connectivity index is 1.90. The van der Waals surface area contributed by atoms with E-state index in [1.54, 1.807) is 13.3 Å². The summed E-state index contributed by atoms with van der Waals surface area (Å²) in [4.78, 5) is 14.3. The van der Waals surface area contributed by atoms with Gasteiger partial charge in [0.25, 0.3) is 5.91 Å². The van der Waals surface area contributed by atoms with Gasteiger partial charge in [0.05, 0.1) is 13.3 Å². The maximum atomic E-state index is 12.0. The quantitative estimate of drug-likeness (QED) is 0.443. The van der Waals surface area contributed by atoms with E-state index in [0.717, 1.165) is 41.0 Å². The summed E-state index contributed by atoms with van der Waals surface area (Å²) in [7, 11) is 1.61. The maximum Gasteiger partial charge on any atom is 0.277 e. The van der Waals surface area contributed by atoms with Crippen LogP contribution in [0.2, 0.25) is 0 Å². The fourth-order valence-electron chi connectivity index (χ4n) is 2.54. The Kier molecular flexibility index (Phi) is 8.97. The van der Waals surface area contributed by atoms with Crippen LogP contribution >= 0.6 is 15.9 Å². The standard InChI is InChI=1S/C21H26BrN3O3/c1-4-25(5-2)14-17-12-18(22)8-11-20(17)28-15-21(26)24-23-13-16-6-9-19(27-3)10-7-16/h6-13H,4-5,14-15H2,1-3H3,(H,24,26)/b23-13-. The summed E-state index contributed by atoms with van der Waals surface area (Å²) in [5.41, 5.74) is 4.37. The number of hydrogen-bond acceptors (Lipinski definition) is 5. The number of benzene rings is 2. The summed E-state index contributed by atoms with van der Waals surface area (Å²) in [5.74, 6) is 1.15. The fourth-order valence-corrected chi connectivity index (χ4v) is 2.95. The molecule has 0 radical (unpaired) electrons. The fraction of sp³-hybridized carbons (Fsp3) is 0.333. The number of rotatable bonds is 10.